The third-order valence-corrected chi connectivity index (χ3v) is 6.34. The number of hydrogen-bond acceptors (Lipinski definition) is 3. The van der Waals surface area contributed by atoms with Crippen molar-refractivity contribution in [1.29, 1.82) is 0 Å². The van der Waals surface area contributed by atoms with Crippen molar-refractivity contribution in [2.24, 2.45) is 0 Å². The van der Waals surface area contributed by atoms with E-state index in [1.807, 2.05) is 49.4 Å². The highest BCUT2D eigenvalue weighted by atomic mass is 35.5. The van der Waals surface area contributed by atoms with Crippen LogP contribution in [0.2, 0.25) is 5.02 Å². The van der Waals surface area contributed by atoms with Gasteiger partial charge in [0.25, 0.3) is 5.91 Å². The molecule has 6 heteroatoms. The summed E-state index contributed by atoms with van der Waals surface area (Å²) < 4.78 is 2.22. The van der Waals surface area contributed by atoms with E-state index in [2.05, 4.69) is 40.8 Å². The second-order valence-corrected chi connectivity index (χ2v) is 8.58. The number of hydrogen-bond donors (Lipinski definition) is 2. The minimum Gasteiger partial charge on any atom is -0.356 e. The van der Waals surface area contributed by atoms with Gasteiger partial charge in [-0.2, -0.15) is 0 Å². The number of carbonyl (C=O) groups excluding carboxylic acids is 1. The molecule has 1 aliphatic heterocycles. The van der Waals surface area contributed by atoms with Gasteiger partial charge < -0.3 is 15.2 Å². The van der Waals surface area contributed by atoms with Crippen molar-refractivity contribution in [1.82, 2.24) is 9.88 Å². The fraction of sp³-hybridized carbons (Fsp3) is 0.174. The van der Waals surface area contributed by atoms with Crippen LogP contribution in [0.3, 0.4) is 0 Å². The summed E-state index contributed by atoms with van der Waals surface area (Å²) in [6, 6.07) is 13.9. The summed E-state index contributed by atoms with van der Waals surface area (Å²) >= 11 is 7.53. The maximum absolute atomic E-state index is 12.6. The fourth-order valence-electron chi connectivity index (χ4n) is 3.63. The van der Waals surface area contributed by atoms with E-state index in [0.29, 0.717) is 9.93 Å². The van der Waals surface area contributed by atoms with Gasteiger partial charge in [-0.25, -0.2) is 0 Å². The van der Waals surface area contributed by atoms with E-state index in [1.54, 1.807) is 0 Å². The maximum atomic E-state index is 12.6. The lowest BCUT2D eigenvalue weighted by Gasteiger charge is -2.15. The molecule has 29 heavy (non-hydrogen) atoms. The van der Waals surface area contributed by atoms with E-state index >= 15 is 0 Å². The number of fused-ring (bicyclic) bond motifs is 1. The van der Waals surface area contributed by atoms with Gasteiger partial charge in [0.05, 0.1) is 4.91 Å². The topological polar surface area (TPSA) is 46.1 Å². The average Bonchev–Trinajstić information content (AvgIpc) is 3.17. The van der Waals surface area contributed by atoms with Crippen molar-refractivity contribution in [2.45, 2.75) is 25.9 Å². The van der Waals surface area contributed by atoms with E-state index in [4.69, 9.17) is 11.6 Å². The van der Waals surface area contributed by atoms with Crippen molar-refractivity contribution in [3.05, 3.63) is 81.9 Å². The molecule has 0 bridgehead atoms. The molecule has 0 aliphatic carbocycles. The number of rotatable bonds is 5. The largest absolute Gasteiger partial charge is 0.356 e. The van der Waals surface area contributed by atoms with Crippen molar-refractivity contribution in [2.75, 3.05) is 5.32 Å². The zero-order valence-electron chi connectivity index (χ0n) is 16.3. The van der Waals surface area contributed by atoms with Gasteiger partial charge >= 0.3 is 0 Å². The molecule has 2 aromatic carbocycles. The molecule has 4 rings (SSSR count). The third kappa shape index (κ3) is 3.80. The van der Waals surface area contributed by atoms with Gasteiger partial charge in [-0.3, -0.25) is 4.79 Å². The van der Waals surface area contributed by atoms with Crippen LogP contribution in [-0.4, -0.2) is 16.0 Å². The van der Waals surface area contributed by atoms with Crippen LogP contribution in [0, 0.1) is 13.8 Å². The standard InChI is InChI=1S/C23H22ClN3OS/c1-4-11-27-15(3)18(17-7-5-6-8-20(17)27)13-21-22(28)26-23(29-21)25-19-10-9-16(24)12-14(19)2/h4-10,12-13,23,25H,1,11H2,2-3H3,(H,26,28)/b21-13-. The van der Waals surface area contributed by atoms with Gasteiger partial charge in [-0.15, -0.1) is 6.58 Å². The van der Waals surface area contributed by atoms with Gasteiger partial charge in [0, 0.05) is 39.4 Å². The van der Waals surface area contributed by atoms with Gasteiger partial charge in [0.15, 0.2) is 5.50 Å². The molecule has 2 N–H and O–H groups in total. The molecule has 4 nitrogen and oxygen atoms in total. The minimum absolute atomic E-state index is 0.0703. The summed E-state index contributed by atoms with van der Waals surface area (Å²) in [4.78, 5) is 13.3. The lowest BCUT2D eigenvalue weighted by Crippen LogP contribution is -2.31. The lowest BCUT2D eigenvalue weighted by molar-refractivity contribution is -0.116. The zero-order chi connectivity index (χ0) is 20.5. The van der Waals surface area contributed by atoms with E-state index in [0.717, 1.165) is 40.0 Å². The molecule has 0 spiro atoms. The van der Waals surface area contributed by atoms with Gasteiger partial charge in [0.1, 0.15) is 0 Å². The summed E-state index contributed by atoms with van der Waals surface area (Å²) in [5, 5.41) is 8.21. The Balaban J connectivity index is 1.65. The lowest BCUT2D eigenvalue weighted by atomic mass is 10.1. The number of allylic oxidation sites excluding steroid dienone is 1. The van der Waals surface area contributed by atoms with E-state index in [-0.39, 0.29) is 11.4 Å². The zero-order valence-corrected chi connectivity index (χ0v) is 17.9. The first kappa shape index (κ1) is 19.7. The molecule has 1 fully saturated rings. The molecular weight excluding hydrogens is 402 g/mol. The Labute approximate surface area is 179 Å². The molecule has 0 radical (unpaired) electrons. The maximum Gasteiger partial charge on any atom is 0.260 e. The quantitative estimate of drug-likeness (QED) is 0.409. The number of nitrogens with zero attached hydrogens (tertiary/aromatic N) is 1. The van der Waals surface area contributed by atoms with E-state index in [1.165, 1.54) is 11.8 Å². The highest BCUT2D eigenvalue weighted by molar-refractivity contribution is 8.05. The number of aromatic nitrogens is 1. The Morgan fingerprint density at radius 2 is 2.07 bits per heavy atom. The van der Waals surface area contributed by atoms with Gasteiger partial charge in [-0.05, 0) is 49.8 Å². The number of halogens is 1. The molecule has 2 heterocycles. The molecule has 3 aromatic rings. The number of nitrogens with one attached hydrogen (secondary N) is 2. The monoisotopic (exact) mass is 423 g/mol. The molecular formula is C23H22ClN3OS. The Hall–Kier alpha value is -2.63. The molecule has 148 valence electrons. The van der Waals surface area contributed by atoms with Crippen LogP contribution >= 0.6 is 23.4 Å². The summed E-state index contributed by atoms with van der Waals surface area (Å²) in [7, 11) is 0. The molecule has 1 saturated heterocycles. The SMILES string of the molecule is C=CCn1c(C)c(/C=C2\SC(Nc3ccc(Cl)cc3C)NC2=O)c2ccccc21. The first-order valence-electron chi connectivity index (χ1n) is 9.38. The Bertz CT molecular complexity index is 1150. The number of benzene rings is 2. The number of carbonyl (C=O) groups is 1. The second-order valence-electron chi connectivity index (χ2n) is 7.00. The Kier molecular flexibility index (Phi) is 5.43. The van der Waals surface area contributed by atoms with Crippen LogP contribution in [0.1, 0.15) is 16.8 Å². The predicted molar refractivity (Wildman–Crippen MR) is 124 cm³/mol. The summed E-state index contributed by atoms with van der Waals surface area (Å²) in [6.45, 7) is 8.67. The van der Waals surface area contributed by atoms with Crippen LogP contribution in [0.25, 0.3) is 17.0 Å². The predicted octanol–water partition coefficient (Wildman–Crippen LogP) is 5.70. The van der Waals surface area contributed by atoms with Crippen LogP contribution in [0.15, 0.2) is 60.0 Å². The molecule has 1 amide bonds. The van der Waals surface area contributed by atoms with Crippen LogP contribution < -0.4 is 10.6 Å². The van der Waals surface area contributed by atoms with Gasteiger partial charge in [0.2, 0.25) is 0 Å². The molecule has 1 aromatic heterocycles. The fourth-order valence-corrected chi connectivity index (χ4v) is 4.82. The molecule has 1 aliphatic rings. The molecule has 1 unspecified atom stereocenters. The highest BCUT2D eigenvalue weighted by Gasteiger charge is 2.28. The first-order chi connectivity index (χ1) is 14.0. The first-order valence-corrected chi connectivity index (χ1v) is 10.6. The minimum atomic E-state index is -0.226. The van der Waals surface area contributed by atoms with Crippen LogP contribution in [0.4, 0.5) is 5.69 Å². The Morgan fingerprint density at radius 1 is 1.28 bits per heavy atom. The number of para-hydroxylation sites is 1. The number of amides is 1. The number of anilines is 1. The van der Waals surface area contributed by atoms with Crippen LogP contribution in [0.5, 0.6) is 0 Å². The van der Waals surface area contributed by atoms with Crippen molar-refractivity contribution in [3.63, 3.8) is 0 Å². The molecule has 1 atom stereocenters. The smallest absolute Gasteiger partial charge is 0.260 e. The molecule has 0 saturated carbocycles. The second kappa shape index (κ2) is 8.01. The number of aryl methyl sites for hydroxylation is 1. The normalized spacial score (nSPS) is 17.7. The van der Waals surface area contributed by atoms with E-state index in [9.17, 15) is 4.79 Å². The summed E-state index contributed by atoms with van der Waals surface area (Å²) in [6.07, 6.45) is 3.88. The van der Waals surface area contributed by atoms with Crippen molar-refractivity contribution in [3.8, 4) is 0 Å². The van der Waals surface area contributed by atoms with E-state index < -0.39 is 0 Å². The highest BCUT2D eigenvalue weighted by Crippen LogP contribution is 2.34. The third-order valence-electron chi connectivity index (χ3n) is 5.07. The summed E-state index contributed by atoms with van der Waals surface area (Å²) in [5.41, 5.74) is 5.10. The average molecular weight is 424 g/mol. The van der Waals surface area contributed by atoms with Crippen LogP contribution in [-0.2, 0) is 11.3 Å². The van der Waals surface area contributed by atoms with Crippen molar-refractivity contribution >= 4 is 51.9 Å². The Morgan fingerprint density at radius 3 is 2.83 bits per heavy atom. The number of thioether (sulfide) groups is 1. The van der Waals surface area contributed by atoms with Crippen molar-refractivity contribution < 1.29 is 4.79 Å². The summed E-state index contributed by atoms with van der Waals surface area (Å²) in [5.74, 6) is -0.0703. The van der Waals surface area contributed by atoms with Gasteiger partial charge in [-0.1, -0.05) is 47.6 Å².